The number of rotatable bonds is 2. The number of aromatic nitrogens is 4. The van der Waals surface area contributed by atoms with Crippen LogP contribution in [0.5, 0.6) is 0 Å². The van der Waals surface area contributed by atoms with Gasteiger partial charge < -0.3 is 4.57 Å². The van der Waals surface area contributed by atoms with E-state index in [9.17, 15) is 4.39 Å². The molecule has 4 aromatic rings. The molecule has 0 radical (unpaired) electrons. The van der Waals surface area contributed by atoms with Gasteiger partial charge in [-0.3, -0.25) is 4.68 Å². The fourth-order valence-corrected chi connectivity index (χ4v) is 3.91. The summed E-state index contributed by atoms with van der Waals surface area (Å²) >= 11 is 0. The second-order valence-electron chi connectivity index (χ2n) is 7.02. The highest BCUT2D eigenvalue weighted by Crippen LogP contribution is 2.38. The third-order valence-electron chi connectivity index (χ3n) is 5.29. The van der Waals surface area contributed by atoms with Crippen LogP contribution in [0.4, 0.5) is 4.39 Å². The monoisotopic (exact) mass is 346 g/mol. The maximum absolute atomic E-state index is 13.7. The number of hydrogen-bond donors (Lipinski definition) is 0. The molecular formula is C21H19FN4. The fourth-order valence-electron chi connectivity index (χ4n) is 3.91. The maximum atomic E-state index is 13.7. The molecule has 0 N–H and O–H groups in total. The molecule has 5 rings (SSSR count). The summed E-state index contributed by atoms with van der Waals surface area (Å²) in [5, 5.41) is 4.87. The van der Waals surface area contributed by atoms with Gasteiger partial charge in [0.2, 0.25) is 0 Å². The molecule has 5 heteroatoms. The first-order valence-corrected chi connectivity index (χ1v) is 8.89. The number of imidazole rings is 1. The van der Waals surface area contributed by atoms with Crippen molar-refractivity contribution in [1.82, 2.24) is 19.3 Å². The molecule has 0 atom stereocenters. The van der Waals surface area contributed by atoms with Crippen molar-refractivity contribution >= 4 is 11.0 Å². The van der Waals surface area contributed by atoms with Gasteiger partial charge >= 0.3 is 0 Å². The Bertz CT molecular complexity index is 1150. The summed E-state index contributed by atoms with van der Waals surface area (Å²) in [7, 11) is 2.01. The molecule has 2 aromatic heterocycles. The minimum absolute atomic E-state index is 0.182. The van der Waals surface area contributed by atoms with Crippen LogP contribution in [-0.4, -0.2) is 19.3 Å². The Morgan fingerprint density at radius 1 is 1.08 bits per heavy atom. The van der Waals surface area contributed by atoms with E-state index in [1.54, 1.807) is 6.92 Å². The molecule has 0 saturated heterocycles. The van der Waals surface area contributed by atoms with E-state index >= 15 is 0 Å². The second-order valence-corrected chi connectivity index (χ2v) is 7.02. The largest absolute Gasteiger partial charge is 0.334 e. The zero-order valence-electron chi connectivity index (χ0n) is 14.8. The zero-order valence-corrected chi connectivity index (χ0v) is 14.8. The number of aryl methyl sites for hydroxylation is 3. The summed E-state index contributed by atoms with van der Waals surface area (Å²) in [5.41, 5.74) is 8.20. The first-order valence-electron chi connectivity index (χ1n) is 8.89. The summed E-state index contributed by atoms with van der Waals surface area (Å²) in [4.78, 5) is 4.42. The molecule has 4 nitrogen and oxygen atoms in total. The molecule has 26 heavy (non-hydrogen) atoms. The molecule has 3 heterocycles. The minimum Gasteiger partial charge on any atom is -0.334 e. The Morgan fingerprint density at radius 3 is 2.77 bits per heavy atom. The zero-order chi connectivity index (χ0) is 17.8. The first-order chi connectivity index (χ1) is 12.6. The van der Waals surface area contributed by atoms with Gasteiger partial charge in [-0.2, -0.15) is 5.10 Å². The Labute approximate surface area is 150 Å². The molecule has 1 aliphatic heterocycles. The molecule has 1 aliphatic rings. The average Bonchev–Trinajstić information content (AvgIpc) is 3.32. The average molecular weight is 346 g/mol. The number of hydrogen-bond acceptors (Lipinski definition) is 2. The summed E-state index contributed by atoms with van der Waals surface area (Å²) in [6.07, 6.45) is 3.97. The Morgan fingerprint density at radius 2 is 1.92 bits per heavy atom. The predicted molar refractivity (Wildman–Crippen MR) is 100 cm³/mol. The molecular weight excluding hydrogens is 327 g/mol. The molecule has 0 amide bonds. The quantitative estimate of drug-likeness (QED) is 0.536. The van der Waals surface area contributed by atoms with Gasteiger partial charge in [0.15, 0.2) is 0 Å². The van der Waals surface area contributed by atoms with E-state index in [-0.39, 0.29) is 5.82 Å². The Kier molecular flexibility index (Phi) is 3.26. The van der Waals surface area contributed by atoms with Gasteiger partial charge in [-0.1, -0.05) is 6.07 Å². The normalized spacial score (nSPS) is 13.5. The van der Waals surface area contributed by atoms with Crippen LogP contribution in [0.1, 0.15) is 17.7 Å². The van der Waals surface area contributed by atoms with Crippen molar-refractivity contribution in [3.8, 4) is 22.4 Å². The molecule has 2 aromatic carbocycles. The van der Waals surface area contributed by atoms with E-state index in [0.717, 1.165) is 52.8 Å². The fraction of sp³-hybridized carbons (Fsp3) is 0.238. The lowest BCUT2D eigenvalue weighted by atomic mass is 9.96. The van der Waals surface area contributed by atoms with E-state index in [4.69, 9.17) is 5.10 Å². The van der Waals surface area contributed by atoms with Crippen molar-refractivity contribution in [2.24, 2.45) is 7.05 Å². The van der Waals surface area contributed by atoms with Crippen molar-refractivity contribution in [2.75, 3.05) is 0 Å². The van der Waals surface area contributed by atoms with Crippen molar-refractivity contribution < 1.29 is 4.39 Å². The molecule has 0 aliphatic carbocycles. The topological polar surface area (TPSA) is 35.6 Å². The number of halogens is 1. The van der Waals surface area contributed by atoms with Gasteiger partial charge in [0, 0.05) is 30.4 Å². The van der Waals surface area contributed by atoms with E-state index in [0.29, 0.717) is 5.56 Å². The highest BCUT2D eigenvalue weighted by Gasteiger charge is 2.24. The predicted octanol–water partition coefficient (Wildman–Crippen LogP) is 4.50. The van der Waals surface area contributed by atoms with E-state index in [1.165, 1.54) is 11.8 Å². The molecule has 0 saturated carbocycles. The number of fused-ring (bicyclic) bond motifs is 2. The standard InChI is InChI=1S/C21H19FN4/c1-13-10-15(5-7-16(13)22)21-20(18-4-3-9-26(18)24-21)14-6-8-17-19(11-14)25(2)12-23-17/h5-8,10-12H,3-4,9H2,1-2H3. The molecule has 130 valence electrons. The van der Waals surface area contributed by atoms with Crippen molar-refractivity contribution in [3.05, 3.63) is 59.8 Å². The summed E-state index contributed by atoms with van der Waals surface area (Å²) in [6.45, 7) is 2.74. The van der Waals surface area contributed by atoms with Crippen LogP contribution in [0.15, 0.2) is 42.7 Å². The van der Waals surface area contributed by atoms with Gasteiger partial charge in [-0.25, -0.2) is 9.37 Å². The number of benzene rings is 2. The lowest BCUT2D eigenvalue weighted by Crippen LogP contribution is -1.94. The van der Waals surface area contributed by atoms with Gasteiger partial charge in [-0.05, 0) is 61.2 Å². The SMILES string of the molecule is Cc1cc(-c2nn3c(c2-c2ccc4ncn(C)c4c2)CCC3)ccc1F. The van der Waals surface area contributed by atoms with Gasteiger partial charge in [0.25, 0.3) is 0 Å². The third-order valence-corrected chi connectivity index (χ3v) is 5.29. The minimum atomic E-state index is -0.182. The summed E-state index contributed by atoms with van der Waals surface area (Å²) in [6, 6.07) is 11.6. The highest BCUT2D eigenvalue weighted by molar-refractivity contribution is 5.88. The van der Waals surface area contributed by atoms with Crippen LogP contribution >= 0.6 is 0 Å². The third kappa shape index (κ3) is 2.20. The summed E-state index contributed by atoms with van der Waals surface area (Å²) < 4.78 is 17.9. The second kappa shape index (κ2) is 5.53. The van der Waals surface area contributed by atoms with Gasteiger partial charge in [0.1, 0.15) is 11.5 Å². The number of nitrogens with zero attached hydrogens (tertiary/aromatic N) is 4. The first kappa shape index (κ1) is 15.3. The van der Waals surface area contributed by atoms with Gasteiger partial charge in [-0.15, -0.1) is 0 Å². The molecule has 0 bridgehead atoms. The van der Waals surface area contributed by atoms with Crippen molar-refractivity contribution in [1.29, 1.82) is 0 Å². The Hall–Kier alpha value is -2.95. The smallest absolute Gasteiger partial charge is 0.126 e. The lowest BCUT2D eigenvalue weighted by Gasteiger charge is -2.08. The summed E-state index contributed by atoms with van der Waals surface area (Å²) in [5.74, 6) is -0.182. The van der Waals surface area contributed by atoms with E-state index in [2.05, 4.69) is 27.9 Å². The van der Waals surface area contributed by atoms with Gasteiger partial charge in [0.05, 0.1) is 17.4 Å². The van der Waals surface area contributed by atoms with Crippen LogP contribution in [0.2, 0.25) is 0 Å². The van der Waals surface area contributed by atoms with E-state index in [1.807, 2.05) is 30.1 Å². The maximum Gasteiger partial charge on any atom is 0.126 e. The molecule has 0 spiro atoms. The van der Waals surface area contributed by atoms with Crippen LogP contribution in [-0.2, 0) is 20.0 Å². The van der Waals surface area contributed by atoms with Crippen molar-refractivity contribution in [2.45, 2.75) is 26.3 Å². The van der Waals surface area contributed by atoms with Crippen LogP contribution in [0.25, 0.3) is 33.4 Å². The van der Waals surface area contributed by atoms with E-state index < -0.39 is 0 Å². The van der Waals surface area contributed by atoms with Crippen LogP contribution < -0.4 is 0 Å². The Balaban J connectivity index is 1.76. The molecule has 0 unspecified atom stereocenters. The van der Waals surface area contributed by atoms with Crippen LogP contribution in [0, 0.1) is 12.7 Å². The highest BCUT2D eigenvalue weighted by atomic mass is 19.1. The lowest BCUT2D eigenvalue weighted by molar-refractivity contribution is 0.618. The van der Waals surface area contributed by atoms with Crippen molar-refractivity contribution in [3.63, 3.8) is 0 Å². The van der Waals surface area contributed by atoms with Crippen LogP contribution in [0.3, 0.4) is 0 Å². The molecule has 0 fully saturated rings.